The summed E-state index contributed by atoms with van der Waals surface area (Å²) in [4.78, 5) is 29.4. The highest BCUT2D eigenvalue weighted by molar-refractivity contribution is 5.94. The molecule has 22 heavy (non-hydrogen) atoms. The topological polar surface area (TPSA) is 68.7 Å². The molecule has 1 amide bonds. The van der Waals surface area contributed by atoms with Crippen LogP contribution in [0.5, 0.6) is 0 Å². The van der Waals surface area contributed by atoms with Gasteiger partial charge >= 0.3 is 5.97 Å². The first-order chi connectivity index (χ1) is 10.5. The Hall–Kier alpha value is -1.95. The van der Waals surface area contributed by atoms with E-state index in [0.717, 1.165) is 0 Å². The van der Waals surface area contributed by atoms with E-state index in [0.29, 0.717) is 31.7 Å². The number of nitrogens with zero attached hydrogens (tertiary/aromatic N) is 2. The maximum atomic E-state index is 12.5. The molecule has 6 nitrogen and oxygen atoms in total. The van der Waals surface area contributed by atoms with Crippen molar-refractivity contribution >= 4 is 11.9 Å². The molecule has 0 aliphatic heterocycles. The van der Waals surface area contributed by atoms with Crippen molar-refractivity contribution in [3.8, 4) is 0 Å². The number of ether oxygens (including phenoxy) is 2. The number of hydrogen-bond acceptors (Lipinski definition) is 5. The molecular formula is C16H24N2O4. The van der Waals surface area contributed by atoms with Crippen molar-refractivity contribution in [3.05, 3.63) is 30.1 Å². The fourth-order valence-corrected chi connectivity index (χ4v) is 1.89. The van der Waals surface area contributed by atoms with Crippen LogP contribution >= 0.6 is 0 Å². The van der Waals surface area contributed by atoms with Crippen LogP contribution < -0.4 is 0 Å². The number of amides is 1. The zero-order valence-electron chi connectivity index (χ0n) is 13.4. The van der Waals surface area contributed by atoms with Gasteiger partial charge in [-0.1, -0.05) is 0 Å². The minimum absolute atomic E-state index is 0.137. The third kappa shape index (κ3) is 6.67. The molecule has 1 aromatic heterocycles. The van der Waals surface area contributed by atoms with Crippen LogP contribution in [-0.2, 0) is 14.3 Å². The molecule has 0 radical (unpaired) electrons. The van der Waals surface area contributed by atoms with Crippen LogP contribution in [0.3, 0.4) is 0 Å². The first-order valence-electron chi connectivity index (χ1n) is 7.42. The molecule has 0 spiro atoms. The van der Waals surface area contributed by atoms with E-state index in [9.17, 15) is 9.59 Å². The summed E-state index contributed by atoms with van der Waals surface area (Å²) in [6.07, 6.45) is 4.20. The molecule has 0 aliphatic carbocycles. The average molecular weight is 308 g/mol. The summed E-state index contributed by atoms with van der Waals surface area (Å²) < 4.78 is 10.1. The largest absolute Gasteiger partial charge is 0.469 e. The molecule has 0 fully saturated rings. The second-order valence-electron chi connectivity index (χ2n) is 5.13. The van der Waals surface area contributed by atoms with Crippen molar-refractivity contribution in [3.63, 3.8) is 0 Å². The van der Waals surface area contributed by atoms with Crippen molar-refractivity contribution in [1.82, 2.24) is 9.88 Å². The lowest BCUT2D eigenvalue weighted by atomic mass is 10.2. The SMILES string of the molecule is COC(=O)CCN(CCCOC(C)C)C(=O)c1cccnc1. The number of esters is 1. The average Bonchev–Trinajstić information content (AvgIpc) is 2.53. The fraction of sp³-hybridized carbons (Fsp3) is 0.562. The van der Waals surface area contributed by atoms with Crippen LogP contribution in [0, 0.1) is 0 Å². The lowest BCUT2D eigenvalue weighted by Gasteiger charge is -2.22. The summed E-state index contributed by atoms with van der Waals surface area (Å²) in [5.41, 5.74) is 0.511. The second kappa shape index (κ2) is 9.89. The molecule has 122 valence electrons. The van der Waals surface area contributed by atoms with Gasteiger partial charge in [-0.2, -0.15) is 0 Å². The molecule has 0 aromatic carbocycles. The van der Waals surface area contributed by atoms with E-state index >= 15 is 0 Å². The Morgan fingerprint density at radius 2 is 2.09 bits per heavy atom. The van der Waals surface area contributed by atoms with Gasteiger partial charge in [0.2, 0.25) is 0 Å². The predicted octanol–water partition coefficient (Wildman–Crippen LogP) is 1.90. The normalized spacial score (nSPS) is 10.5. The number of carbonyl (C=O) groups is 2. The quantitative estimate of drug-likeness (QED) is 0.515. The summed E-state index contributed by atoms with van der Waals surface area (Å²) in [6.45, 7) is 5.36. The Morgan fingerprint density at radius 1 is 1.32 bits per heavy atom. The summed E-state index contributed by atoms with van der Waals surface area (Å²) in [6, 6.07) is 3.43. The van der Waals surface area contributed by atoms with Crippen LogP contribution in [0.4, 0.5) is 0 Å². The van der Waals surface area contributed by atoms with Crippen LogP contribution in [0.1, 0.15) is 37.0 Å². The lowest BCUT2D eigenvalue weighted by molar-refractivity contribution is -0.140. The minimum Gasteiger partial charge on any atom is -0.469 e. The Balaban J connectivity index is 2.60. The summed E-state index contributed by atoms with van der Waals surface area (Å²) in [5, 5.41) is 0. The van der Waals surface area contributed by atoms with E-state index in [4.69, 9.17) is 4.74 Å². The molecule has 1 rings (SSSR count). The predicted molar refractivity (Wildman–Crippen MR) is 82.5 cm³/mol. The van der Waals surface area contributed by atoms with E-state index in [2.05, 4.69) is 9.72 Å². The molecule has 6 heteroatoms. The smallest absolute Gasteiger partial charge is 0.307 e. The summed E-state index contributed by atoms with van der Waals surface area (Å²) in [7, 11) is 1.34. The molecule has 0 saturated heterocycles. The molecule has 0 N–H and O–H groups in total. The van der Waals surface area contributed by atoms with E-state index in [1.165, 1.54) is 13.3 Å². The number of rotatable bonds is 9. The van der Waals surface area contributed by atoms with Crippen molar-refractivity contribution in [2.45, 2.75) is 32.8 Å². The molecular weight excluding hydrogens is 284 g/mol. The second-order valence-corrected chi connectivity index (χ2v) is 5.13. The van der Waals surface area contributed by atoms with Crippen molar-refractivity contribution in [2.75, 3.05) is 26.8 Å². The van der Waals surface area contributed by atoms with E-state index in [-0.39, 0.29) is 24.4 Å². The van der Waals surface area contributed by atoms with Crippen LogP contribution in [0.2, 0.25) is 0 Å². The Bertz CT molecular complexity index is 462. The van der Waals surface area contributed by atoms with Gasteiger partial charge in [0.25, 0.3) is 5.91 Å². The van der Waals surface area contributed by atoms with Gasteiger partial charge in [0, 0.05) is 32.1 Å². The molecule has 0 saturated carbocycles. The Labute approximate surface area is 131 Å². The summed E-state index contributed by atoms with van der Waals surface area (Å²) >= 11 is 0. The molecule has 0 aliphatic rings. The van der Waals surface area contributed by atoms with Crippen LogP contribution in [-0.4, -0.2) is 54.7 Å². The molecule has 1 heterocycles. The first-order valence-corrected chi connectivity index (χ1v) is 7.42. The van der Waals surface area contributed by atoms with Crippen molar-refractivity contribution in [1.29, 1.82) is 0 Å². The monoisotopic (exact) mass is 308 g/mol. The van der Waals surface area contributed by atoms with Gasteiger partial charge in [-0.25, -0.2) is 0 Å². The van der Waals surface area contributed by atoms with Gasteiger partial charge in [-0.05, 0) is 32.4 Å². The first kappa shape index (κ1) is 18.1. The van der Waals surface area contributed by atoms with E-state index < -0.39 is 0 Å². The third-order valence-corrected chi connectivity index (χ3v) is 3.03. The van der Waals surface area contributed by atoms with Gasteiger partial charge < -0.3 is 14.4 Å². The number of pyridine rings is 1. The maximum absolute atomic E-state index is 12.5. The lowest BCUT2D eigenvalue weighted by Crippen LogP contribution is -2.34. The number of carbonyl (C=O) groups excluding carboxylic acids is 2. The summed E-state index contributed by atoms with van der Waals surface area (Å²) in [5.74, 6) is -0.469. The van der Waals surface area contributed by atoms with Gasteiger partial charge in [-0.3, -0.25) is 14.6 Å². The highest BCUT2D eigenvalue weighted by Gasteiger charge is 2.17. The molecule has 0 atom stereocenters. The molecule has 1 aromatic rings. The molecule has 0 unspecified atom stereocenters. The highest BCUT2D eigenvalue weighted by atomic mass is 16.5. The van der Waals surface area contributed by atoms with Crippen molar-refractivity contribution in [2.24, 2.45) is 0 Å². The number of methoxy groups -OCH3 is 1. The number of hydrogen-bond donors (Lipinski definition) is 0. The van der Waals surface area contributed by atoms with Crippen molar-refractivity contribution < 1.29 is 19.1 Å². The minimum atomic E-state index is -0.331. The highest BCUT2D eigenvalue weighted by Crippen LogP contribution is 2.06. The standard InChI is InChI=1S/C16H24N2O4/c1-13(2)22-11-5-9-18(10-7-15(19)21-3)16(20)14-6-4-8-17-12-14/h4,6,8,12-13H,5,7,9-11H2,1-3H3. The zero-order valence-corrected chi connectivity index (χ0v) is 13.4. The van der Waals surface area contributed by atoms with Gasteiger partial charge in [0.05, 0.1) is 25.2 Å². The van der Waals surface area contributed by atoms with E-state index in [1.54, 1.807) is 23.2 Å². The third-order valence-electron chi connectivity index (χ3n) is 3.03. The number of aromatic nitrogens is 1. The molecule has 0 bridgehead atoms. The van der Waals surface area contributed by atoms with Crippen LogP contribution in [0.25, 0.3) is 0 Å². The van der Waals surface area contributed by atoms with Gasteiger partial charge in [0.15, 0.2) is 0 Å². The fourth-order valence-electron chi connectivity index (χ4n) is 1.89. The Morgan fingerprint density at radius 3 is 2.68 bits per heavy atom. The van der Waals surface area contributed by atoms with Crippen LogP contribution in [0.15, 0.2) is 24.5 Å². The Kier molecular flexibility index (Phi) is 8.14. The zero-order chi connectivity index (χ0) is 16.4. The van der Waals surface area contributed by atoms with Gasteiger partial charge in [0.1, 0.15) is 0 Å². The van der Waals surface area contributed by atoms with E-state index in [1.807, 2.05) is 13.8 Å². The van der Waals surface area contributed by atoms with Gasteiger partial charge in [-0.15, -0.1) is 0 Å². The maximum Gasteiger partial charge on any atom is 0.307 e.